The highest BCUT2D eigenvalue weighted by molar-refractivity contribution is 6.07. The van der Waals surface area contributed by atoms with Crippen molar-refractivity contribution < 1.29 is 52.5 Å². The lowest BCUT2D eigenvalue weighted by Gasteiger charge is -2.34. The topological polar surface area (TPSA) is 233 Å². The van der Waals surface area contributed by atoms with Crippen LogP contribution in [0.4, 0.5) is 22.7 Å². The number of methoxy groups -OCH3 is 2. The van der Waals surface area contributed by atoms with Crippen LogP contribution in [0.15, 0.2) is 107 Å². The zero-order valence-corrected chi connectivity index (χ0v) is 51.7. The molecule has 3 N–H and O–H groups in total. The first-order chi connectivity index (χ1) is 43.7. The van der Waals surface area contributed by atoms with Gasteiger partial charge in [0.05, 0.1) is 74.5 Å². The number of allylic oxidation sites excluding steroid dienone is 2. The minimum Gasteiger partial charge on any atom is -0.493 e. The van der Waals surface area contributed by atoms with E-state index in [1.54, 1.807) is 59.3 Å². The number of amides is 7. The molecule has 5 atom stereocenters. The van der Waals surface area contributed by atoms with E-state index in [9.17, 15) is 33.6 Å². The van der Waals surface area contributed by atoms with E-state index in [2.05, 4.69) is 69.2 Å². The first kappa shape index (κ1) is 62.5. The molecule has 0 spiro atoms. The van der Waals surface area contributed by atoms with Crippen molar-refractivity contribution in [2.24, 2.45) is 21.8 Å². The summed E-state index contributed by atoms with van der Waals surface area (Å²) in [5, 5.41) is 8.06. The normalized spacial score (nSPS) is 21.2. The van der Waals surface area contributed by atoms with Gasteiger partial charge in [-0.05, 0) is 124 Å². The van der Waals surface area contributed by atoms with Gasteiger partial charge in [-0.3, -0.25) is 48.4 Å². The Morgan fingerprint density at radius 3 is 1.84 bits per heavy atom. The van der Waals surface area contributed by atoms with Crippen molar-refractivity contribution in [3.8, 4) is 23.0 Å². The van der Waals surface area contributed by atoms with Crippen molar-refractivity contribution in [2.75, 3.05) is 84.0 Å². The molecule has 11 rings (SSSR count). The van der Waals surface area contributed by atoms with Crippen molar-refractivity contribution in [1.29, 1.82) is 0 Å². The summed E-state index contributed by atoms with van der Waals surface area (Å²) in [5.41, 5.74) is 7.35. The second-order valence-electron chi connectivity index (χ2n) is 24.1. The van der Waals surface area contributed by atoms with E-state index >= 15 is 0 Å². The number of hydrogen-bond acceptors (Lipinski definition) is 15. The standard InChI is InChI=1S/C69H80N10O11/c1-44(73-64(81)41-72-63(80)16-11-8-12-25-77-65(82)36-54(67(77)84)47-14-9-6-5-7-10-15-47)66(83)74-50-21-17-45(18-22-50)48-32-52-39-70-57-37-61(59(87-3)34-55(57)68(85)78(52)42-48)89-30-13-31-90-62-38-58-56(35-60(62)88-4)69(86)79-43-49(33-53(79)40-71-58)46-19-23-51(24-20-46)76-28-26-75(2)27-29-76/h5-6,17-24,34-35,37-40,42-44,47,52-54H,7-16,25-33,36,41H2,1-4H3,(H,72,80)(H,73,81)(H,74,83)/b6-5-/t44-,47?,52-,53?,54?/m0/s1. The molecule has 1 aliphatic carbocycles. The minimum absolute atomic E-state index is 0.0553. The molecule has 0 saturated carbocycles. The number of likely N-dealkylation sites (N-methyl/N-ethyl adjacent to an activating group) is 1. The third-order valence-electron chi connectivity index (χ3n) is 18.0. The fourth-order valence-electron chi connectivity index (χ4n) is 12.8. The first-order valence-corrected chi connectivity index (χ1v) is 31.6. The Balaban J connectivity index is 0.602. The highest BCUT2D eigenvalue weighted by Gasteiger charge is 2.42. The fourth-order valence-corrected chi connectivity index (χ4v) is 12.8. The highest BCUT2D eigenvalue weighted by atomic mass is 16.5. The van der Waals surface area contributed by atoms with Gasteiger partial charge in [0.1, 0.15) is 6.04 Å². The Morgan fingerprint density at radius 2 is 1.24 bits per heavy atom. The summed E-state index contributed by atoms with van der Waals surface area (Å²) in [5.74, 6) is -0.169. The van der Waals surface area contributed by atoms with Crippen LogP contribution in [0, 0.1) is 11.8 Å². The second kappa shape index (κ2) is 28.6. The van der Waals surface area contributed by atoms with Gasteiger partial charge in [-0.15, -0.1) is 0 Å². The number of likely N-dealkylation sites (tertiary alicyclic amines) is 1. The van der Waals surface area contributed by atoms with Crippen LogP contribution in [-0.4, -0.2) is 165 Å². The fraction of sp³-hybridized carbons (Fsp3) is 0.435. The number of unbranched alkanes of at least 4 members (excludes halogenated alkanes) is 2. The van der Waals surface area contributed by atoms with Gasteiger partial charge in [0.2, 0.25) is 29.5 Å². The van der Waals surface area contributed by atoms with E-state index in [1.807, 2.05) is 30.7 Å². The molecule has 21 nitrogen and oxygen atoms in total. The maximum atomic E-state index is 14.2. The van der Waals surface area contributed by atoms with E-state index in [0.717, 1.165) is 80.6 Å². The smallest absolute Gasteiger partial charge is 0.260 e. The molecular weight excluding hydrogens is 1140 g/mol. The van der Waals surface area contributed by atoms with Crippen molar-refractivity contribution in [1.82, 2.24) is 30.2 Å². The minimum atomic E-state index is -0.900. The summed E-state index contributed by atoms with van der Waals surface area (Å²) < 4.78 is 23.8. The van der Waals surface area contributed by atoms with Gasteiger partial charge in [0.25, 0.3) is 11.8 Å². The molecule has 3 unspecified atom stereocenters. The van der Waals surface area contributed by atoms with E-state index in [-0.39, 0.29) is 86.1 Å². The third-order valence-corrected chi connectivity index (χ3v) is 18.0. The van der Waals surface area contributed by atoms with Crippen molar-refractivity contribution >= 4 is 87.7 Å². The summed E-state index contributed by atoms with van der Waals surface area (Å²) in [6.45, 7) is 6.20. The molecule has 0 radical (unpaired) electrons. The summed E-state index contributed by atoms with van der Waals surface area (Å²) >= 11 is 0. The predicted octanol–water partition coefficient (Wildman–Crippen LogP) is 8.88. The number of carbonyl (C=O) groups is 7. The summed E-state index contributed by atoms with van der Waals surface area (Å²) in [6.07, 6.45) is 20.5. The zero-order valence-electron chi connectivity index (χ0n) is 51.7. The Morgan fingerprint density at radius 1 is 0.656 bits per heavy atom. The average molecular weight is 1230 g/mol. The number of hydrogen-bond donors (Lipinski definition) is 3. The number of rotatable bonds is 23. The molecule has 21 heteroatoms. The Labute approximate surface area is 525 Å². The molecule has 4 aromatic rings. The number of piperazine rings is 1. The van der Waals surface area contributed by atoms with Crippen molar-refractivity contribution in [3.63, 3.8) is 0 Å². The number of imide groups is 1. The van der Waals surface area contributed by atoms with Crippen LogP contribution in [0.25, 0.3) is 11.1 Å². The maximum Gasteiger partial charge on any atom is 0.260 e. The lowest BCUT2D eigenvalue weighted by atomic mass is 9.82. The van der Waals surface area contributed by atoms with Gasteiger partial charge < -0.3 is 54.5 Å². The second-order valence-corrected chi connectivity index (χ2v) is 24.1. The lowest BCUT2D eigenvalue weighted by molar-refractivity contribution is -0.140. The van der Waals surface area contributed by atoms with Gasteiger partial charge in [-0.1, -0.05) is 42.8 Å². The summed E-state index contributed by atoms with van der Waals surface area (Å²) in [6, 6.07) is 21.1. The van der Waals surface area contributed by atoms with Gasteiger partial charge in [0.15, 0.2) is 23.0 Å². The molecule has 2 saturated heterocycles. The molecule has 6 heterocycles. The first-order valence-electron chi connectivity index (χ1n) is 31.6. The Bertz CT molecular complexity index is 3530. The van der Waals surface area contributed by atoms with E-state index in [4.69, 9.17) is 28.9 Å². The molecule has 2 fully saturated rings. The Hall–Kier alpha value is -9.11. The van der Waals surface area contributed by atoms with Crippen LogP contribution in [0.2, 0.25) is 0 Å². The maximum absolute atomic E-state index is 14.2. The van der Waals surface area contributed by atoms with Gasteiger partial charge in [-0.25, -0.2) is 0 Å². The van der Waals surface area contributed by atoms with Crippen LogP contribution < -0.4 is 39.8 Å². The number of anilines is 2. The van der Waals surface area contributed by atoms with E-state index in [1.165, 1.54) is 24.8 Å². The van der Waals surface area contributed by atoms with Crippen LogP contribution >= 0.6 is 0 Å². The van der Waals surface area contributed by atoms with Crippen LogP contribution in [0.5, 0.6) is 23.0 Å². The molecule has 90 heavy (non-hydrogen) atoms. The van der Waals surface area contributed by atoms with Crippen LogP contribution in [-0.2, 0) is 24.0 Å². The quantitative estimate of drug-likeness (QED) is 0.0358. The zero-order chi connectivity index (χ0) is 62.8. The predicted molar refractivity (Wildman–Crippen MR) is 344 cm³/mol. The molecular formula is C69H80N10O11. The lowest BCUT2D eigenvalue weighted by Crippen LogP contribution is -2.45. The van der Waals surface area contributed by atoms with Gasteiger partial charge >= 0.3 is 0 Å². The largest absolute Gasteiger partial charge is 0.493 e. The number of fused-ring (bicyclic) bond motifs is 4. The number of nitrogens with one attached hydrogen (secondary N) is 3. The van der Waals surface area contributed by atoms with Gasteiger partial charge in [0, 0.05) is 113 Å². The highest BCUT2D eigenvalue weighted by Crippen LogP contribution is 2.43. The SMILES string of the molecule is COc1cc2c(cc1OCCCOc1cc3c(cc1OC)C(=O)N1C=C(c4ccc(NC(=O)[C@H](C)NC(=O)CNC(=O)CCCCCN5C(=O)CC(C6CC/C=C\CCC6)C5=O)cc4)C[C@H]1C=N3)N=CC1CC(c3ccc(N4CCN(C)CC4)cc3)=CN1C2=O. The summed E-state index contributed by atoms with van der Waals surface area (Å²) in [7, 11) is 5.20. The molecule has 6 aliphatic heterocycles. The van der Waals surface area contributed by atoms with E-state index < -0.39 is 17.9 Å². The Kier molecular flexibility index (Phi) is 19.8. The van der Waals surface area contributed by atoms with Gasteiger partial charge in [-0.2, -0.15) is 0 Å². The number of nitrogens with zero attached hydrogens (tertiary/aromatic N) is 7. The molecule has 0 bridgehead atoms. The van der Waals surface area contributed by atoms with Crippen molar-refractivity contribution in [2.45, 2.75) is 109 Å². The third kappa shape index (κ3) is 14.5. The van der Waals surface area contributed by atoms with E-state index in [0.29, 0.717) is 96.3 Å². The number of carbonyl (C=O) groups excluding carboxylic acids is 7. The van der Waals surface area contributed by atoms with Crippen LogP contribution in [0.3, 0.4) is 0 Å². The number of aliphatic imine (C=N–C) groups is 2. The molecule has 0 aromatic heterocycles. The number of ether oxygens (including phenoxy) is 4. The molecule has 7 aliphatic rings. The average Bonchev–Trinajstić information content (AvgIpc) is 1.80. The molecule has 472 valence electrons. The summed E-state index contributed by atoms with van der Waals surface area (Å²) in [4.78, 5) is 112. The monoisotopic (exact) mass is 1220 g/mol. The number of benzene rings is 4. The van der Waals surface area contributed by atoms with Crippen molar-refractivity contribution in [3.05, 3.63) is 120 Å². The van der Waals surface area contributed by atoms with Crippen LogP contribution in [0.1, 0.15) is 122 Å². The molecule has 4 aromatic carbocycles. The molecule has 7 amide bonds.